The van der Waals surface area contributed by atoms with E-state index in [4.69, 9.17) is 16.3 Å². The summed E-state index contributed by atoms with van der Waals surface area (Å²) in [6.07, 6.45) is 1.55. The molecule has 7 heteroatoms. The Morgan fingerprint density at radius 3 is 2.73 bits per heavy atom. The lowest BCUT2D eigenvalue weighted by molar-refractivity contribution is 0.0244. The molecule has 1 atom stereocenters. The van der Waals surface area contributed by atoms with Gasteiger partial charge in [-0.15, -0.1) is 0 Å². The van der Waals surface area contributed by atoms with Crippen LogP contribution in [0.2, 0.25) is 5.02 Å². The average Bonchev–Trinajstić information content (AvgIpc) is 2.55. The number of rotatable bonds is 3. The van der Waals surface area contributed by atoms with Gasteiger partial charge < -0.3 is 14.5 Å². The van der Waals surface area contributed by atoms with Gasteiger partial charge in [0.1, 0.15) is 5.60 Å². The molecule has 0 aliphatic carbocycles. The SMILES string of the molecule is CN(CC1CCCN(C(=O)c2cc(Br)ccc2Cl)C1)C(=O)OC(C)(C)C. The Morgan fingerprint density at radius 1 is 1.38 bits per heavy atom. The van der Waals surface area contributed by atoms with E-state index in [9.17, 15) is 9.59 Å². The largest absolute Gasteiger partial charge is 0.444 e. The number of nitrogens with zero attached hydrogens (tertiary/aromatic N) is 2. The van der Waals surface area contributed by atoms with Crippen LogP contribution in [0.3, 0.4) is 0 Å². The van der Waals surface area contributed by atoms with Crippen molar-refractivity contribution in [3.05, 3.63) is 33.3 Å². The fourth-order valence-corrected chi connectivity index (χ4v) is 3.59. The van der Waals surface area contributed by atoms with Gasteiger partial charge in [0, 0.05) is 31.2 Å². The first-order valence-corrected chi connectivity index (χ1v) is 9.92. The van der Waals surface area contributed by atoms with E-state index < -0.39 is 5.60 Å². The molecular weight excluding hydrogens is 420 g/mol. The van der Waals surface area contributed by atoms with Gasteiger partial charge in [-0.2, -0.15) is 0 Å². The molecule has 1 aromatic rings. The summed E-state index contributed by atoms with van der Waals surface area (Å²) in [6, 6.07) is 5.28. The smallest absolute Gasteiger partial charge is 0.410 e. The third kappa shape index (κ3) is 5.88. The van der Waals surface area contributed by atoms with Gasteiger partial charge in [-0.25, -0.2) is 4.79 Å². The van der Waals surface area contributed by atoms with Gasteiger partial charge in [-0.3, -0.25) is 4.79 Å². The summed E-state index contributed by atoms with van der Waals surface area (Å²) in [5.41, 5.74) is -0.0145. The molecule has 1 aliphatic heterocycles. The van der Waals surface area contributed by atoms with E-state index in [1.54, 1.807) is 24.1 Å². The Morgan fingerprint density at radius 2 is 2.08 bits per heavy atom. The van der Waals surface area contributed by atoms with Gasteiger partial charge in [-0.1, -0.05) is 27.5 Å². The van der Waals surface area contributed by atoms with Gasteiger partial charge in [0.15, 0.2) is 0 Å². The highest BCUT2D eigenvalue weighted by molar-refractivity contribution is 9.10. The molecule has 144 valence electrons. The van der Waals surface area contributed by atoms with Gasteiger partial charge in [0.2, 0.25) is 0 Å². The van der Waals surface area contributed by atoms with Crippen molar-refractivity contribution < 1.29 is 14.3 Å². The van der Waals surface area contributed by atoms with Crippen LogP contribution in [0.25, 0.3) is 0 Å². The molecule has 0 saturated carbocycles. The molecule has 2 rings (SSSR count). The van der Waals surface area contributed by atoms with Crippen molar-refractivity contribution in [3.8, 4) is 0 Å². The molecule has 2 amide bonds. The van der Waals surface area contributed by atoms with Gasteiger partial charge in [-0.05, 0) is 57.7 Å². The van der Waals surface area contributed by atoms with Crippen molar-refractivity contribution in [2.75, 3.05) is 26.7 Å². The number of amides is 2. The van der Waals surface area contributed by atoms with Crippen molar-refractivity contribution in [2.45, 2.75) is 39.2 Å². The van der Waals surface area contributed by atoms with Gasteiger partial charge in [0.25, 0.3) is 5.91 Å². The Hall–Kier alpha value is -1.27. The maximum Gasteiger partial charge on any atom is 0.410 e. The molecule has 0 N–H and O–H groups in total. The average molecular weight is 446 g/mol. The topological polar surface area (TPSA) is 49.9 Å². The second-order valence-electron chi connectivity index (χ2n) is 7.74. The zero-order chi connectivity index (χ0) is 19.5. The highest BCUT2D eigenvalue weighted by Gasteiger charge is 2.28. The van der Waals surface area contributed by atoms with E-state index in [1.165, 1.54) is 0 Å². The summed E-state index contributed by atoms with van der Waals surface area (Å²) in [5.74, 6) is 0.150. The first kappa shape index (κ1) is 21.0. The molecule has 1 fully saturated rings. The molecule has 0 spiro atoms. The van der Waals surface area contributed by atoms with Crippen LogP contribution < -0.4 is 0 Å². The monoisotopic (exact) mass is 444 g/mol. The fraction of sp³-hybridized carbons (Fsp3) is 0.579. The maximum absolute atomic E-state index is 12.8. The molecular formula is C19H26BrClN2O3. The fourth-order valence-electron chi connectivity index (χ4n) is 3.03. The number of carbonyl (C=O) groups is 2. The molecule has 1 heterocycles. The van der Waals surface area contributed by atoms with Crippen molar-refractivity contribution in [2.24, 2.45) is 5.92 Å². The highest BCUT2D eigenvalue weighted by atomic mass is 79.9. The van der Waals surface area contributed by atoms with E-state index in [0.29, 0.717) is 30.2 Å². The number of ether oxygens (including phenoxy) is 1. The van der Waals surface area contributed by atoms with E-state index in [-0.39, 0.29) is 17.9 Å². The summed E-state index contributed by atoms with van der Waals surface area (Å²) in [5, 5.41) is 0.450. The third-order valence-electron chi connectivity index (χ3n) is 4.20. The first-order chi connectivity index (χ1) is 12.1. The number of piperidine rings is 1. The van der Waals surface area contributed by atoms with Gasteiger partial charge >= 0.3 is 6.09 Å². The Labute approximate surface area is 168 Å². The standard InChI is InChI=1S/C19H26BrClN2O3/c1-19(2,3)26-18(25)22(4)11-13-6-5-9-23(12-13)17(24)15-10-14(20)7-8-16(15)21/h7-8,10,13H,5-6,9,11-12H2,1-4H3. The second-order valence-corrected chi connectivity index (χ2v) is 9.07. The van der Waals surface area contributed by atoms with Crippen LogP contribution in [0.4, 0.5) is 4.79 Å². The van der Waals surface area contributed by atoms with Crippen molar-refractivity contribution in [1.82, 2.24) is 9.80 Å². The number of carbonyl (C=O) groups excluding carboxylic acids is 2. The number of likely N-dealkylation sites (tertiary alicyclic amines) is 1. The highest BCUT2D eigenvalue weighted by Crippen LogP contribution is 2.25. The molecule has 1 aromatic carbocycles. The zero-order valence-electron chi connectivity index (χ0n) is 15.7. The molecule has 5 nitrogen and oxygen atoms in total. The second kappa shape index (κ2) is 8.61. The minimum absolute atomic E-state index is 0.0686. The summed E-state index contributed by atoms with van der Waals surface area (Å²) >= 11 is 9.58. The van der Waals surface area contributed by atoms with E-state index in [1.807, 2.05) is 31.7 Å². The molecule has 0 aromatic heterocycles. The molecule has 1 unspecified atom stereocenters. The normalized spacial score (nSPS) is 17.8. The number of halogens is 2. The Kier molecular flexibility index (Phi) is 6.97. The predicted molar refractivity (Wildman–Crippen MR) is 107 cm³/mol. The van der Waals surface area contributed by atoms with Crippen LogP contribution in [-0.2, 0) is 4.74 Å². The lowest BCUT2D eigenvalue weighted by atomic mass is 9.97. The minimum atomic E-state index is -0.517. The summed E-state index contributed by atoms with van der Waals surface area (Å²) in [6.45, 7) is 7.42. The van der Waals surface area contributed by atoms with Crippen molar-refractivity contribution >= 4 is 39.5 Å². The number of benzene rings is 1. The van der Waals surface area contributed by atoms with E-state index in [2.05, 4.69) is 15.9 Å². The van der Waals surface area contributed by atoms with Crippen LogP contribution in [0.5, 0.6) is 0 Å². The first-order valence-electron chi connectivity index (χ1n) is 8.75. The Bertz CT molecular complexity index is 675. The third-order valence-corrected chi connectivity index (χ3v) is 5.03. The van der Waals surface area contributed by atoms with E-state index in [0.717, 1.165) is 17.3 Å². The molecule has 1 saturated heterocycles. The quantitative estimate of drug-likeness (QED) is 0.670. The van der Waals surface area contributed by atoms with Crippen molar-refractivity contribution in [3.63, 3.8) is 0 Å². The number of hydrogen-bond donors (Lipinski definition) is 0. The molecule has 26 heavy (non-hydrogen) atoms. The van der Waals surface area contributed by atoms with Crippen LogP contribution in [-0.4, -0.2) is 54.1 Å². The molecule has 0 bridgehead atoms. The van der Waals surface area contributed by atoms with Crippen molar-refractivity contribution in [1.29, 1.82) is 0 Å². The van der Waals surface area contributed by atoms with Crippen LogP contribution in [0.15, 0.2) is 22.7 Å². The van der Waals surface area contributed by atoms with Crippen LogP contribution >= 0.6 is 27.5 Å². The zero-order valence-corrected chi connectivity index (χ0v) is 18.1. The number of hydrogen-bond acceptors (Lipinski definition) is 3. The molecule has 0 radical (unpaired) electrons. The maximum atomic E-state index is 12.8. The molecule has 1 aliphatic rings. The van der Waals surface area contributed by atoms with E-state index >= 15 is 0 Å². The van der Waals surface area contributed by atoms with Crippen LogP contribution in [0.1, 0.15) is 44.0 Å². The Balaban J connectivity index is 1.99. The van der Waals surface area contributed by atoms with Crippen LogP contribution in [0, 0.1) is 5.92 Å². The lowest BCUT2D eigenvalue weighted by Crippen LogP contribution is -2.45. The van der Waals surface area contributed by atoms with Gasteiger partial charge in [0.05, 0.1) is 10.6 Å². The summed E-state index contributed by atoms with van der Waals surface area (Å²) < 4.78 is 6.22. The minimum Gasteiger partial charge on any atom is -0.444 e. The summed E-state index contributed by atoms with van der Waals surface area (Å²) in [7, 11) is 1.74. The predicted octanol–water partition coefficient (Wildman–Crippen LogP) is 4.82. The lowest BCUT2D eigenvalue weighted by Gasteiger charge is -2.35. The summed E-state index contributed by atoms with van der Waals surface area (Å²) in [4.78, 5) is 28.4.